The van der Waals surface area contributed by atoms with Gasteiger partial charge in [-0.25, -0.2) is 13.9 Å². The van der Waals surface area contributed by atoms with Crippen molar-refractivity contribution >= 4 is 21.8 Å². The van der Waals surface area contributed by atoms with E-state index in [-0.39, 0.29) is 12.8 Å². The number of carbonyl (C=O) groups excluding carboxylic acids is 1. The Labute approximate surface area is 123 Å². The highest BCUT2D eigenvalue weighted by atomic mass is 32.2. The summed E-state index contributed by atoms with van der Waals surface area (Å²) in [4.78, 5) is 11.7. The highest BCUT2D eigenvalue weighted by molar-refractivity contribution is 7.92. The molecule has 0 spiro atoms. The SMILES string of the molecule is CC/C=C/c1cc(CC[C@](C)(C(=O)NO)S(C)(=O)=O)no1. The normalized spacial score (nSPS) is 15.0. The van der Waals surface area contributed by atoms with Gasteiger partial charge in [-0.1, -0.05) is 18.2 Å². The average molecular weight is 316 g/mol. The van der Waals surface area contributed by atoms with Crippen LogP contribution in [0.1, 0.15) is 38.1 Å². The molecule has 1 aromatic rings. The van der Waals surface area contributed by atoms with Crippen molar-refractivity contribution < 1.29 is 22.9 Å². The van der Waals surface area contributed by atoms with Crippen molar-refractivity contribution in [1.82, 2.24) is 10.6 Å². The van der Waals surface area contributed by atoms with Crippen LogP contribution in [0, 0.1) is 0 Å². The molecule has 1 rings (SSSR count). The van der Waals surface area contributed by atoms with Crippen molar-refractivity contribution in [3.05, 3.63) is 23.6 Å². The maximum absolute atomic E-state index is 11.8. The van der Waals surface area contributed by atoms with Gasteiger partial charge in [-0.15, -0.1) is 0 Å². The number of hydrogen-bond acceptors (Lipinski definition) is 6. The molecule has 1 amide bonds. The first-order valence-corrected chi connectivity index (χ1v) is 8.40. The van der Waals surface area contributed by atoms with E-state index < -0.39 is 20.5 Å². The molecule has 1 aromatic heterocycles. The third kappa shape index (κ3) is 4.15. The molecule has 0 aliphatic rings. The molecular weight excluding hydrogens is 296 g/mol. The summed E-state index contributed by atoms with van der Waals surface area (Å²) in [6.07, 6.45) is 5.72. The fourth-order valence-electron chi connectivity index (χ4n) is 1.71. The minimum Gasteiger partial charge on any atom is -0.357 e. The summed E-state index contributed by atoms with van der Waals surface area (Å²) in [5.74, 6) is -0.390. The predicted molar refractivity (Wildman–Crippen MR) is 77.3 cm³/mol. The highest BCUT2D eigenvalue weighted by Crippen LogP contribution is 2.23. The van der Waals surface area contributed by atoms with Crippen LogP contribution < -0.4 is 5.48 Å². The van der Waals surface area contributed by atoms with Gasteiger partial charge in [0, 0.05) is 12.3 Å². The van der Waals surface area contributed by atoms with Crippen LogP contribution in [0.15, 0.2) is 16.7 Å². The molecule has 0 saturated carbocycles. The number of nitrogens with zero attached hydrogens (tertiary/aromatic N) is 1. The summed E-state index contributed by atoms with van der Waals surface area (Å²) in [5.41, 5.74) is 1.96. The molecule has 118 valence electrons. The van der Waals surface area contributed by atoms with Crippen molar-refractivity contribution in [2.75, 3.05) is 6.26 Å². The van der Waals surface area contributed by atoms with Crippen LogP contribution in [-0.2, 0) is 21.1 Å². The Morgan fingerprint density at radius 3 is 2.76 bits per heavy atom. The van der Waals surface area contributed by atoms with Gasteiger partial charge < -0.3 is 4.52 Å². The number of hydroxylamine groups is 1. The molecule has 0 aliphatic carbocycles. The van der Waals surface area contributed by atoms with Crippen molar-refractivity contribution in [2.24, 2.45) is 0 Å². The lowest BCUT2D eigenvalue weighted by molar-refractivity contribution is -0.131. The van der Waals surface area contributed by atoms with Crippen molar-refractivity contribution in [1.29, 1.82) is 0 Å². The van der Waals surface area contributed by atoms with Gasteiger partial charge in [-0.2, -0.15) is 0 Å². The number of hydrogen-bond donors (Lipinski definition) is 2. The van der Waals surface area contributed by atoms with Crippen LogP contribution in [0.5, 0.6) is 0 Å². The monoisotopic (exact) mass is 316 g/mol. The van der Waals surface area contributed by atoms with Gasteiger partial charge in [0.05, 0.1) is 5.69 Å². The summed E-state index contributed by atoms with van der Waals surface area (Å²) in [7, 11) is -3.70. The molecule has 0 saturated heterocycles. The lowest BCUT2D eigenvalue weighted by Crippen LogP contribution is -2.49. The second-order valence-corrected chi connectivity index (χ2v) is 7.42. The van der Waals surface area contributed by atoms with E-state index in [1.807, 2.05) is 13.0 Å². The van der Waals surface area contributed by atoms with Gasteiger partial charge in [0.1, 0.15) is 4.75 Å². The first-order valence-electron chi connectivity index (χ1n) is 6.51. The topological polar surface area (TPSA) is 110 Å². The van der Waals surface area contributed by atoms with Crippen molar-refractivity contribution in [3.63, 3.8) is 0 Å². The fraction of sp³-hybridized carbons (Fsp3) is 0.538. The number of rotatable bonds is 7. The molecule has 0 unspecified atom stereocenters. The Hall–Kier alpha value is -1.67. The number of allylic oxidation sites excluding steroid dienone is 1. The quantitative estimate of drug-likeness (QED) is 0.580. The fourth-order valence-corrected chi connectivity index (χ4v) is 2.57. The van der Waals surface area contributed by atoms with Gasteiger partial charge in [-0.05, 0) is 32.3 Å². The van der Waals surface area contributed by atoms with Crippen LogP contribution >= 0.6 is 0 Å². The van der Waals surface area contributed by atoms with Crippen molar-refractivity contribution in [3.8, 4) is 0 Å². The Morgan fingerprint density at radius 1 is 1.57 bits per heavy atom. The Balaban J connectivity index is 2.86. The maximum Gasteiger partial charge on any atom is 0.264 e. The third-order valence-corrected chi connectivity index (χ3v) is 5.38. The van der Waals surface area contributed by atoms with E-state index in [4.69, 9.17) is 9.73 Å². The van der Waals surface area contributed by atoms with E-state index in [9.17, 15) is 13.2 Å². The number of aromatic nitrogens is 1. The van der Waals surface area contributed by atoms with E-state index in [0.717, 1.165) is 12.7 Å². The lowest BCUT2D eigenvalue weighted by Gasteiger charge is -2.24. The molecule has 7 nitrogen and oxygen atoms in total. The van der Waals surface area contributed by atoms with Gasteiger partial charge in [0.15, 0.2) is 15.6 Å². The average Bonchev–Trinajstić information content (AvgIpc) is 2.88. The van der Waals surface area contributed by atoms with Crippen molar-refractivity contribution in [2.45, 2.75) is 37.9 Å². The summed E-state index contributed by atoms with van der Waals surface area (Å²) < 4.78 is 26.9. The minimum absolute atomic E-state index is 0.0122. The second-order valence-electron chi connectivity index (χ2n) is 4.98. The largest absolute Gasteiger partial charge is 0.357 e. The summed E-state index contributed by atoms with van der Waals surface area (Å²) >= 11 is 0. The summed E-state index contributed by atoms with van der Waals surface area (Å²) in [6.45, 7) is 3.25. The predicted octanol–water partition coefficient (Wildman–Crippen LogP) is 1.34. The Kier molecular flexibility index (Phi) is 5.68. The second kappa shape index (κ2) is 6.86. The number of nitrogens with one attached hydrogen (secondary N) is 1. The van der Waals surface area contributed by atoms with E-state index in [2.05, 4.69) is 5.16 Å². The molecule has 2 N–H and O–H groups in total. The van der Waals surface area contributed by atoms with E-state index in [1.165, 1.54) is 12.4 Å². The summed E-state index contributed by atoms with van der Waals surface area (Å²) in [6, 6.07) is 1.69. The Morgan fingerprint density at radius 2 is 2.24 bits per heavy atom. The molecule has 0 fully saturated rings. The zero-order chi connectivity index (χ0) is 16.1. The smallest absolute Gasteiger partial charge is 0.264 e. The number of aryl methyl sites for hydroxylation is 1. The number of amides is 1. The van der Waals surface area contributed by atoms with Crippen LogP contribution in [0.25, 0.3) is 6.08 Å². The van der Waals surface area contributed by atoms with Crippen LogP contribution in [-0.4, -0.2) is 35.7 Å². The molecular formula is C13H20N2O5S. The van der Waals surface area contributed by atoms with E-state index >= 15 is 0 Å². The standard InChI is InChI=1S/C13H20N2O5S/c1-4-5-6-11-9-10(15-20-11)7-8-13(2,12(16)14-17)21(3,18)19/h5-6,9,17H,4,7-8H2,1-3H3,(H,14,16)/b6-5+/t13-/m1/s1. The molecule has 0 bridgehead atoms. The van der Waals surface area contributed by atoms with Gasteiger partial charge >= 0.3 is 0 Å². The molecule has 0 radical (unpaired) electrons. The number of carbonyl (C=O) groups is 1. The molecule has 8 heteroatoms. The van der Waals surface area contributed by atoms with E-state index in [0.29, 0.717) is 11.5 Å². The van der Waals surface area contributed by atoms with Gasteiger partial charge in [0.2, 0.25) is 0 Å². The maximum atomic E-state index is 11.8. The van der Waals surface area contributed by atoms with Gasteiger partial charge in [-0.3, -0.25) is 10.0 Å². The summed E-state index contributed by atoms with van der Waals surface area (Å²) in [5, 5.41) is 12.5. The molecule has 0 aromatic carbocycles. The first kappa shape index (κ1) is 17.4. The highest BCUT2D eigenvalue weighted by Gasteiger charge is 2.43. The molecule has 0 aliphatic heterocycles. The molecule has 1 heterocycles. The van der Waals surface area contributed by atoms with Gasteiger partial charge in [0.25, 0.3) is 5.91 Å². The first-order chi connectivity index (χ1) is 9.74. The van der Waals surface area contributed by atoms with Crippen LogP contribution in [0.3, 0.4) is 0 Å². The zero-order valence-electron chi connectivity index (χ0n) is 12.3. The lowest BCUT2D eigenvalue weighted by atomic mass is 10.0. The van der Waals surface area contributed by atoms with E-state index in [1.54, 1.807) is 12.1 Å². The molecule has 21 heavy (non-hydrogen) atoms. The van der Waals surface area contributed by atoms with Crippen LogP contribution in [0.4, 0.5) is 0 Å². The number of sulfone groups is 1. The Bertz CT molecular complexity index is 620. The van der Waals surface area contributed by atoms with Crippen LogP contribution in [0.2, 0.25) is 0 Å². The third-order valence-electron chi connectivity index (χ3n) is 3.35. The zero-order valence-corrected chi connectivity index (χ0v) is 13.1. The molecule has 1 atom stereocenters. The minimum atomic E-state index is -3.70.